The largest absolute Gasteiger partial charge is 0.573 e. The summed E-state index contributed by atoms with van der Waals surface area (Å²) in [6.07, 6.45) is -2.17. The molecule has 0 saturated heterocycles. The first kappa shape index (κ1) is 11.4. The second kappa shape index (κ2) is 4.20. The molecule has 0 spiro atoms. The Bertz CT molecular complexity index is 346. The van der Waals surface area contributed by atoms with Crippen molar-refractivity contribution >= 4 is 22.6 Å². The van der Waals surface area contributed by atoms with Crippen LogP contribution in [0.15, 0.2) is 24.8 Å². The van der Waals surface area contributed by atoms with E-state index >= 15 is 0 Å². The first-order valence-electron chi connectivity index (χ1n) is 3.50. The molecule has 75 valence electrons. The molecule has 0 saturated carbocycles. The molecule has 0 N–H and O–H groups in total. The fourth-order valence-corrected chi connectivity index (χ4v) is 1.50. The molecule has 0 aliphatic heterocycles. The minimum absolute atomic E-state index is 0.254. The molecule has 1 aromatic rings. The molecule has 5 heteroatoms. The van der Waals surface area contributed by atoms with Crippen molar-refractivity contribution in [1.29, 1.82) is 0 Å². The first-order chi connectivity index (χ1) is 6.40. The predicted molar refractivity (Wildman–Crippen MR) is 53.8 cm³/mol. The fourth-order valence-electron chi connectivity index (χ4n) is 0.857. The number of ether oxygens (including phenoxy) is 1. The van der Waals surface area contributed by atoms with Crippen LogP contribution in [0, 0.1) is 9.65 Å². The van der Waals surface area contributed by atoms with Gasteiger partial charge in [0.1, 0.15) is 5.75 Å². The maximum Gasteiger partial charge on any atom is 0.573 e. The van der Waals surface area contributed by atoms with Gasteiger partial charge in [-0.1, -0.05) is 6.58 Å². The Morgan fingerprint density at radius 2 is 1.93 bits per heavy atom. The SMILES string of the molecule is C=[C]c1cc(I)cc(OC(F)(F)F)c1. The number of alkyl halides is 3. The molecular formula is C9H5F3IO. The standard InChI is InChI=1S/C9H5F3IO/c1-2-6-3-7(13)5-8(4-6)14-9(10,11)12/h3-5H,1H2. The van der Waals surface area contributed by atoms with Crippen LogP contribution in [0.5, 0.6) is 5.75 Å². The summed E-state index contributed by atoms with van der Waals surface area (Å²) in [6, 6.07) is 4.16. The van der Waals surface area contributed by atoms with Crippen LogP contribution in [0.2, 0.25) is 0 Å². The normalized spacial score (nSPS) is 11.1. The van der Waals surface area contributed by atoms with Gasteiger partial charge in [-0.3, -0.25) is 0 Å². The molecule has 0 aliphatic carbocycles. The van der Waals surface area contributed by atoms with E-state index in [9.17, 15) is 13.2 Å². The van der Waals surface area contributed by atoms with Crippen LogP contribution in [-0.4, -0.2) is 6.36 Å². The molecule has 0 heterocycles. The van der Waals surface area contributed by atoms with Crippen molar-refractivity contribution in [2.45, 2.75) is 6.36 Å². The predicted octanol–water partition coefficient (Wildman–Crippen LogP) is 3.53. The number of hydrogen-bond acceptors (Lipinski definition) is 1. The van der Waals surface area contributed by atoms with E-state index in [1.54, 1.807) is 6.07 Å². The Morgan fingerprint density at radius 1 is 1.29 bits per heavy atom. The highest BCUT2D eigenvalue weighted by Crippen LogP contribution is 2.25. The third kappa shape index (κ3) is 3.57. The van der Waals surface area contributed by atoms with E-state index in [1.165, 1.54) is 12.1 Å². The van der Waals surface area contributed by atoms with Crippen LogP contribution in [0.25, 0.3) is 0 Å². The molecule has 0 unspecified atom stereocenters. The molecule has 0 bridgehead atoms. The number of benzene rings is 1. The Morgan fingerprint density at radius 3 is 2.43 bits per heavy atom. The molecule has 1 aromatic carbocycles. The molecule has 1 radical (unpaired) electrons. The van der Waals surface area contributed by atoms with Crippen molar-refractivity contribution in [1.82, 2.24) is 0 Å². The lowest BCUT2D eigenvalue weighted by molar-refractivity contribution is -0.274. The van der Waals surface area contributed by atoms with Gasteiger partial charge in [-0.15, -0.1) is 13.2 Å². The number of halogens is 4. The van der Waals surface area contributed by atoms with Crippen LogP contribution in [-0.2, 0) is 0 Å². The minimum Gasteiger partial charge on any atom is -0.406 e. The van der Waals surface area contributed by atoms with Gasteiger partial charge in [0.2, 0.25) is 0 Å². The van der Waals surface area contributed by atoms with E-state index in [2.05, 4.69) is 17.4 Å². The lowest BCUT2D eigenvalue weighted by Crippen LogP contribution is -2.17. The van der Waals surface area contributed by atoms with Crippen LogP contribution in [0.4, 0.5) is 13.2 Å². The summed E-state index contributed by atoms with van der Waals surface area (Å²) in [7, 11) is 0. The van der Waals surface area contributed by atoms with Gasteiger partial charge in [-0.05, 0) is 52.4 Å². The quantitative estimate of drug-likeness (QED) is 0.759. The summed E-state index contributed by atoms with van der Waals surface area (Å²) in [6.45, 7) is 3.34. The molecule has 14 heavy (non-hydrogen) atoms. The highest BCUT2D eigenvalue weighted by atomic mass is 127. The summed E-state index contributed by atoms with van der Waals surface area (Å²) in [4.78, 5) is 0. The maximum atomic E-state index is 11.8. The second-order valence-corrected chi connectivity index (χ2v) is 3.65. The third-order valence-corrected chi connectivity index (χ3v) is 1.93. The fraction of sp³-hybridized carbons (Fsp3) is 0.111. The van der Waals surface area contributed by atoms with Crippen molar-refractivity contribution in [2.24, 2.45) is 0 Å². The summed E-state index contributed by atoms with van der Waals surface area (Å²) >= 11 is 1.89. The molecule has 1 nitrogen and oxygen atoms in total. The zero-order valence-corrected chi connectivity index (χ0v) is 9.02. The average Bonchev–Trinajstić information content (AvgIpc) is 1.99. The zero-order chi connectivity index (χ0) is 10.8. The maximum absolute atomic E-state index is 11.8. The highest BCUT2D eigenvalue weighted by Gasteiger charge is 2.31. The van der Waals surface area contributed by atoms with Crippen molar-refractivity contribution < 1.29 is 17.9 Å². The van der Waals surface area contributed by atoms with E-state index < -0.39 is 6.36 Å². The summed E-state index contributed by atoms with van der Waals surface area (Å²) in [5.74, 6) is -0.254. The lowest BCUT2D eigenvalue weighted by Gasteiger charge is -2.09. The van der Waals surface area contributed by atoms with Gasteiger partial charge in [-0.2, -0.15) is 0 Å². The van der Waals surface area contributed by atoms with Crippen LogP contribution >= 0.6 is 22.6 Å². The topological polar surface area (TPSA) is 9.23 Å². The van der Waals surface area contributed by atoms with E-state index in [-0.39, 0.29) is 5.75 Å². The van der Waals surface area contributed by atoms with E-state index in [0.29, 0.717) is 9.13 Å². The van der Waals surface area contributed by atoms with Gasteiger partial charge in [0.15, 0.2) is 0 Å². The van der Waals surface area contributed by atoms with Crippen molar-refractivity contribution in [3.63, 3.8) is 0 Å². The molecule has 0 fully saturated rings. The average molecular weight is 313 g/mol. The Kier molecular flexibility index (Phi) is 3.41. The Labute approximate surface area is 92.7 Å². The molecule has 1 rings (SSSR count). The van der Waals surface area contributed by atoms with Gasteiger partial charge in [0, 0.05) is 3.57 Å². The van der Waals surface area contributed by atoms with E-state index in [4.69, 9.17) is 0 Å². The van der Waals surface area contributed by atoms with Gasteiger partial charge in [0.25, 0.3) is 0 Å². The van der Waals surface area contributed by atoms with Crippen LogP contribution in [0.3, 0.4) is 0 Å². The number of rotatable bonds is 2. The molecular weight excluding hydrogens is 308 g/mol. The zero-order valence-electron chi connectivity index (χ0n) is 6.86. The lowest BCUT2D eigenvalue weighted by atomic mass is 10.2. The van der Waals surface area contributed by atoms with Crippen LogP contribution in [0.1, 0.15) is 5.56 Å². The van der Waals surface area contributed by atoms with Gasteiger partial charge >= 0.3 is 6.36 Å². The third-order valence-electron chi connectivity index (χ3n) is 1.31. The van der Waals surface area contributed by atoms with E-state index in [0.717, 1.165) is 0 Å². The van der Waals surface area contributed by atoms with Crippen molar-refractivity contribution in [3.8, 4) is 5.75 Å². The highest BCUT2D eigenvalue weighted by molar-refractivity contribution is 14.1. The molecule has 0 aliphatic rings. The van der Waals surface area contributed by atoms with Gasteiger partial charge < -0.3 is 4.74 Å². The van der Waals surface area contributed by atoms with Gasteiger partial charge in [-0.25, -0.2) is 0 Å². The number of hydrogen-bond donors (Lipinski definition) is 0. The first-order valence-corrected chi connectivity index (χ1v) is 4.58. The van der Waals surface area contributed by atoms with E-state index in [1.807, 2.05) is 22.6 Å². The van der Waals surface area contributed by atoms with Crippen molar-refractivity contribution in [3.05, 3.63) is 40.0 Å². The smallest absolute Gasteiger partial charge is 0.406 e. The molecule has 0 amide bonds. The monoisotopic (exact) mass is 313 g/mol. The summed E-state index contributed by atoms with van der Waals surface area (Å²) < 4.78 is 39.9. The summed E-state index contributed by atoms with van der Waals surface area (Å²) in [5, 5.41) is 0. The Hall–Kier alpha value is -0.720. The van der Waals surface area contributed by atoms with Gasteiger partial charge in [0.05, 0.1) is 0 Å². The Balaban J connectivity index is 2.98. The summed E-state index contributed by atoms with van der Waals surface area (Å²) in [5.41, 5.74) is 0.469. The molecule has 0 atom stereocenters. The second-order valence-electron chi connectivity index (χ2n) is 2.40. The minimum atomic E-state index is -4.66. The molecule has 0 aromatic heterocycles. The van der Waals surface area contributed by atoms with Crippen LogP contribution < -0.4 is 4.74 Å². The van der Waals surface area contributed by atoms with Crippen molar-refractivity contribution in [2.75, 3.05) is 0 Å².